The van der Waals surface area contributed by atoms with Crippen LogP contribution in [0.15, 0.2) is 78.9 Å². The number of sulfonamides is 1. The molecule has 0 heterocycles. The number of hydrogen-bond donors (Lipinski definition) is 1. The Morgan fingerprint density at radius 1 is 0.925 bits per heavy atom. The van der Waals surface area contributed by atoms with Crippen LogP contribution < -0.4 is 14.4 Å². The molecule has 0 aromatic heterocycles. The lowest BCUT2D eigenvalue weighted by Crippen LogP contribution is -2.54. The van der Waals surface area contributed by atoms with Crippen LogP contribution in [0, 0.1) is 6.92 Å². The fraction of sp³-hybridized carbons (Fsp3) is 0.355. The Bertz CT molecular complexity index is 1380. The van der Waals surface area contributed by atoms with Gasteiger partial charge in [0.2, 0.25) is 21.8 Å². The molecule has 0 aliphatic carbocycles. The van der Waals surface area contributed by atoms with Crippen molar-refractivity contribution in [1.29, 1.82) is 0 Å². The van der Waals surface area contributed by atoms with Gasteiger partial charge in [0.05, 0.1) is 19.1 Å². The minimum absolute atomic E-state index is 0.0943. The Balaban J connectivity index is 2.07. The van der Waals surface area contributed by atoms with E-state index in [4.69, 9.17) is 4.74 Å². The topological polar surface area (TPSA) is 96.0 Å². The van der Waals surface area contributed by atoms with Crippen LogP contribution in [0.25, 0.3) is 0 Å². The van der Waals surface area contributed by atoms with Crippen molar-refractivity contribution >= 4 is 27.5 Å². The highest BCUT2D eigenvalue weighted by atomic mass is 32.2. The quantitative estimate of drug-likeness (QED) is 0.333. The number of rotatable bonds is 13. The van der Waals surface area contributed by atoms with Gasteiger partial charge in [-0.2, -0.15) is 0 Å². The summed E-state index contributed by atoms with van der Waals surface area (Å²) < 4.78 is 32.3. The molecule has 214 valence electrons. The van der Waals surface area contributed by atoms with E-state index in [1.54, 1.807) is 24.3 Å². The SMILES string of the molecule is CCC(C)NC(=O)C(Cc1ccccc1)N(Cc1ccc(C)cc1)C(=O)CN(c1ccccc1OC)S(C)(=O)=O. The normalized spacial score (nSPS) is 12.7. The van der Waals surface area contributed by atoms with Crippen molar-refractivity contribution in [2.24, 2.45) is 0 Å². The number of carbonyl (C=O) groups excluding carboxylic acids is 2. The summed E-state index contributed by atoms with van der Waals surface area (Å²) in [7, 11) is -2.44. The fourth-order valence-corrected chi connectivity index (χ4v) is 5.17. The Morgan fingerprint density at radius 3 is 2.15 bits per heavy atom. The number of nitrogens with zero attached hydrogens (tertiary/aromatic N) is 2. The molecule has 8 nitrogen and oxygen atoms in total. The maximum Gasteiger partial charge on any atom is 0.244 e. The van der Waals surface area contributed by atoms with Crippen LogP contribution in [0.1, 0.15) is 37.0 Å². The molecule has 0 bridgehead atoms. The minimum Gasteiger partial charge on any atom is -0.495 e. The van der Waals surface area contributed by atoms with E-state index in [9.17, 15) is 18.0 Å². The summed E-state index contributed by atoms with van der Waals surface area (Å²) >= 11 is 0. The van der Waals surface area contributed by atoms with Crippen molar-refractivity contribution in [2.75, 3.05) is 24.2 Å². The molecule has 3 aromatic carbocycles. The predicted octanol–water partition coefficient (Wildman–Crippen LogP) is 4.32. The maximum absolute atomic E-state index is 14.1. The van der Waals surface area contributed by atoms with E-state index in [0.29, 0.717) is 5.75 Å². The molecule has 0 saturated heterocycles. The van der Waals surface area contributed by atoms with Gasteiger partial charge in [-0.15, -0.1) is 0 Å². The first-order chi connectivity index (χ1) is 19.0. The molecule has 3 aromatic rings. The van der Waals surface area contributed by atoms with Crippen molar-refractivity contribution in [3.05, 3.63) is 95.6 Å². The van der Waals surface area contributed by atoms with Crippen LogP contribution in [-0.2, 0) is 32.6 Å². The van der Waals surface area contributed by atoms with E-state index in [0.717, 1.165) is 33.7 Å². The second-order valence-electron chi connectivity index (χ2n) is 9.97. The Morgan fingerprint density at radius 2 is 1.55 bits per heavy atom. The second-order valence-corrected chi connectivity index (χ2v) is 11.9. The lowest BCUT2D eigenvalue weighted by atomic mass is 10.0. The van der Waals surface area contributed by atoms with E-state index in [1.165, 1.54) is 12.0 Å². The molecule has 0 fully saturated rings. The molecule has 9 heteroatoms. The highest BCUT2D eigenvalue weighted by Gasteiger charge is 2.34. The van der Waals surface area contributed by atoms with E-state index in [2.05, 4.69) is 5.32 Å². The van der Waals surface area contributed by atoms with E-state index in [-0.39, 0.29) is 30.6 Å². The maximum atomic E-state index is 14.1. The average molecular weight is 566 g/mol. The van der Waals surface area contributed by atoms with E-state index < -0.39 is 28.5 Å². The monoisotopic (exact) mass is 565 g/mol. The van der Waals surface area contributed by atoms with Gasteiger partial charge < -0.3 is 15.0 Å². The Kier molecular flexibility index (Phi) is 10.7. The summed E-state index contributed by atoms with van der Waals surface area (Å²) in [5, 5.41) is 3.03. The number of methoxy groups -OCH3 is 1. The molecular formula is C31H39N3O5S. The van der Waals surface area contributed by atoms with Gasteiger partial charge in [-0.1, -0.05) is 79.2 Å². The highest BCUT2D eigenvalue weighted by Crippen LogP contribution is 2.30. The number of amides is 2. The molecule has 2 unspecified atom stereocenters. The fourth-order valence-electron chi connectivity index (χ4n) is 4.32. The summed E-state index contributed by atoms with van der Waals surface area (Å²) in [5.41, 5.74) is 3.03. The van der Waals surface area contributed by atoms with Gasteiger partial charge in [0.15, 0.2) is 0 Å². The first-order valence-electron chi connectivity index (χ1n) is 13.3. The summed E-state index contributed by atoms with van der Waals surface area (Å²) in [6, 6.07) is 22.9. The van der Waals surface area contributed by atoms with Crippen LogP contribution in [0.4, 0.5) is 5.69 Å². The summed E-state index contributed by atoms with van der Waals surface area (Å²) in [6.45, 7) is 5.50. The number of hydrogen-bond acceptors (Lipinski definition) is 5. The van der Waals surface area contributed by atoms with Gasteiger partial charge in [0, 0.05) is 19.0 Å². The van der Waals surface area contributed by atoms with Crippen molar-refractivity contribution < 1.29 is 22.7 Å². The van der Waals surface area contributed by atoms with Crippen LogP contribution in [0.3, 0.4) is 0 Å². The molecule has 3 rings (SSSR count). The molecule has 0 saturated carbocycles. The van der Waals surface area contributed by atoms with E-state index in [1.807, 2.05) is 75.4 Å². The van der Waals surface area contributed by atoms with Gasteiger partial charge in [-0.3, -0.25) is 13.9 Å². The lowest BCUT2D eigenvalue weighted by Gasteiger charge is -2.34. The van der Waals surface area contributed by atoms with Gasteiger partial charge in [-0.25, -0.2) is 8.42 Å². The highest BCUT2D eigenvalue weighted by molar-refractivity contribution is 7.92. The van der Waals surface area contributed by atoms with Crippen molar-refractivity contribution in [1.82, 2.24) is 10.2 Å². The number of anilines is 1. The van der Waals surface area contributed by atoms with Crippen molar-refractivity contribution in [3.8, 4) is 5.75 Å². The molecule has 0 spiro atoms. The zero-order valence-electron chi connectivity index (χ0n) is 23.8. The van der Waals surface area contributed by atoms with Gasteiger partial charge in [-0.05, 0) is 43.5 Å². The third kappa shape index (κ3) is 8.32. The Hall–Kier alpha value is -3.85. The average Bonchev–Trinajstić information content (AvgIpc) is 2.94. The molecule has 1 N–H and O–H groups in total. The molecule has 40 heavy (non-hydrogen) atoms. The number of para-hydroxylation sites is 2. The molecule has 2 atom stereocenters. The lowest BCUT2D eigenvalue weighted by molar-refractivity contribution is -0.140. The second kappa shape index (κ2) is 14.0. The van der Waals surface area contributed by atoms with Gasteiger partial charge in [0.25, 0.3) is 0 Å². The predicted molar refractivity (Wildman–Crippen MR) is 159 cm³/mol. The molecule has 0 aliphatic heterocycles. The molecule has 2 amide bonds. The van der Waals surface area contributed by atoms with Crippen molar-refractivity contribution in [3.63, 3.8) is 0 Å². The summed E-state index contributed by atoms with van der Waals surface area (Å²) in [4.78, 5) is 29.3. The van der Waals surface area contributed by atoms with Crippen LogP contribution in [0.5, 0.6) is 5.75 Å². The zero-order valence-corrected chi connectivity index (χ0v) is 24.6. The van der Waals surface area contributed by atoms with Crippen molar-refractivity contribution in [2.45, 2.75) is 52.2 Å². The summed E-state index contributed by atoms with van der Waals surface area (Å²) in [5.74, 6) is -0.472. The largest absolute Gasteiger partial charge is 0.495 e. The molecular weight excluding hydrogens is 526 g/mol. The Labute approximate surface area is 238 Å². The number of ether oxygens (including phenoxy) is 1. The van der Waals surface area contributed by atoms with Crippen LogP contribution in [0.2, 0.25) is 0 Å². The third-order valence-corrected chi connectivity index (χ3v) is 7.91. The minimum atomic E-state index is -3.88. The standard InChI is InChI=1S/C31H39N3O5S/c1-6-24(3)32-31(36)28(20-25-12-8-7-9-13-25)33(21-26-18-16-23(2)17-19-26)30(35)22-34(40(5,37)38)27-14-10-11-15-29(27)39-4/h7-19,24,28H,6,20-22H2,1-5H3,(H,32,36). The number of aryl methyl sites for hydroxylation is 1. The van der Waals surface area contributed by atoms with Gasteiger partial charge in [0.1, 0.15) is 18.3 Å². The van der Waals surface area contributed by atoms with Crippen LogP contribution >= 0.6 is 0 Å². The van der Waals surface area contributed by atoms with Gasteiger partial charge >= 0.3 is 0 Å². The smallest absolute Gasteiger partial charge is 0.244 e. The zero-order chi connectivity index (χ0) is 29.3. The summed E-state index contributed by atoms with van der Waals surface area (Å²) in [6.07, 6.45) is 2.05. The number of nitrogens with one attached hydrogen (secondary N) is 1. The molecule has 0 aliphatic rings. The first kappa shape index (κ1) is 30.7. The molecule has 0 radical (unpaired) electrons. The number of carbonyl (C=O) groups is 2. The van der Waals surface area contributed by atoms with E-state index >= 15 is 0 Å². The third-order valence-electron chi connectivity index (χ3n) is 6.78. The van der Waals surface area contributed by atoms with Crippen LogP contribution in [-0.4, -0.2) is 57.1 Å². The first-order valence-corrected chi connectivity index (χ1v) is 15.2. The number of benzene rings is 3.